The third kappa shape index (κ3) is 5.40. The first kappa shape index (κ1) is 19.5. The topological polar surface area (TPSA) is 33.1 Å². The SMILES string of the molecule is CN(C)c1ccc(CNc2ccn(C(F)F)n2)cc1.Cl.Cl. The van der Waals surface area contributed by atoms with Gasteiger partial charge in [-0.25, -0.2) is 4.68 Å². The van der Waals surface area contributed by atoms with Crippen molar-refractivity contribution in [2.75, 3.05) is 24.3 Å². The lowest BCUT2D eigenvalue weighted by molar-refractivity contribution is 0.0569. The first-order chi connectivity index (χ1) is 9.06. The fourth-order valence-corrected chi connectivity index (χ4v) is 1.65. The monoisotopic (exact) mass is 338 g/mol. The van der Waals surface area contributed by atoms with Crippen molar-refractivity contribution in [2.45, 2.75) is 13.1 Å². The first-order valence-electron chi connectivity index (χ1n) is 5.89. The lowest BCUT2D eigenvalue weighted by Gasteiger charge is -2.12. The van der Waals surface area contributed by atoms with Gasteiger partial charge in [-0.3, -0.25) is 0 Å². The van der Waals surface area contributed by atoms with E-state index >= 15 is 0 Å². The van der Waals surface area contributed by atoms with Crippen LogP contribution >= 0.6 is 24.8 Å². The predicted octanol–water partition coefficient (Wildman–Crippen LogP) is 3.80. The predicted molar refractivity (Wildman–Crippen MR) is 86.1 cm³/mol. The highest BCUT2D eigenvalue weighted by Crippen LogP contribution is 2.15. The molecule has 0 spiro atoms. The molecule has 0 unspecified atom stereocenters. The molecule has 0 fully saturated rings. The smallest absolute Gasteiger partial charge is 0.333 e. The van der Waals surface area contributed by atoms with E-state index in [-0.39, 0.29) is 24.8 Å². The van der Waals surface area contributed by atoms with Crippen LogP contribution in [-0.2, 0) is 6.54 Å². The van der Waals surface area contributed by atoms with Crippen molar-refractivity contribution < 1.29 is 8.78 Å². The van der Waals surface area contributed by atoms with Crippen LogP contribution in [0.5, 0.6) is 0 Å². The molecule has 1 aromatic heterocycles. The Morgan fingerprint density at radius 3 is 2.24 bits per heavy atom. The summed E-state index contributed by atoms with van der Waals surface area (Å²) in [5.74, 6) is 0.442. The Morgan fingerprint density at radius 1 is 1.14 bits per heavy atom. The van der Waals surface area contributed by atoms with Crippen LogP contribution in [0.25, 0.3) is 0 Å². The van der Waals surface area contributed by atoms with Gasteiger partial charge in [0, 0.05) is 38.6 Å². The summed E-state index contributed by atoms with van der Waals surface area (Å²) >= 11 is 0. The number of anilines is 2. The number of halogens is 4. The van der Waals surface area contributed by atoms with E-state index in [0.717, 1.165) is 11.3 Å². The molecule has 1 aromatic carbocycles. The highest BCUT2D eigenvalue weighted by Gasteiger charge is 2.06. The number of aromatic nitrogens is 2. The van der Waals surface area contributed by atoms with Crippen molar-refractivity contribution in [3.05, 3.63) is 42.1 Å². The maximum absolute atomic E-state index is 12.3. The number of alkyl halides is 2. The molecule has 1 N–H and O–H groups in total. The normalized spacial score (nSPS) is 9.76. The molecule has 0 atom stereocenters. The van der Waals surface area contributed by atoms with Crippen LogP contribution in [0, 0.1) is 0 Å². The molecule has 0 aliphatic heterocycles. The summed E-state index contributed by atoms with van der Waals surface area (Å²) in [5, 5.41) is 6.72. The zero-order valence-corrected chi connectivity index (χ0v) is 13.3. The van der Waals surface area contributed by atoms with E-state index in [1.54, 1.807) is 0 Å². The molecule has 0 bridgehead atoms. The van der Waals surface area contributed by atoms with Crippen LogP contribution in [-0.4, -0.2) is 23.9 Å². The van der Waals surface area contributed by atoms with Crippen LogP contribution in [0.1, 0.15) is 12.1 Å². The molecular weight excluding hydrogens is 321 g/mol. The highest BCUT2D eigenvalue weighted by atomic mass is 35.5. The standard InChI is InChI=1S/C13H16F2N4.2ClH/c1-18(2)11-5-3-10(4-6-11)9-16-12-7-8-19(17-12)13(14)15;;/h3-8,13H,9H2,1-2H3,(H,16,17);2*1H. The molecule has 0 aliphatic rings. The molecule has 1 heterocycles. The minimum atomic E-state index is -2.60. The molecule has 2 aromatic rings. The van der Waals surface area contributed by atoms with Gasteiger partial charge in [0.25, 0.3) is 0 Å². The summed E-state index contributed by atoms with van der Waals surface area (Å²) in [4.78, 5) is 2.02. The van der Waals surface area contributed by atoms with Crippen LogP contribution in [0.4, 0.5) is 20.3 Å². The molecule has 0 aliphatic carbocycles. The van der Waals surface area contributed by atoms with E-state index in [1.165, 1.54) is 12.3 Å². The van der Waals surface area contributed by atoms with Crippen molar-refractivity contribution in [3.8, 4) is 0 Å². The number of nitrogens with zero attached hydrogens (tertiary/aromatic N) is 3. The van der Waals surface area contributed by atoms with Gasteiger partial charge in [-0.15, -0.1) is 24.8 Å². The Labute approximate surface area is 135 Å². The van der Waals surface area contributed by atoms with Crippen molar-refractivity contribution in [1.82, 2.24) is 9.78 Å². The van der Waals surface area contributed by atoms with Gasteiger partial charge in [-0.2, -0.15) is 13.9 Å². The van der Waals surface area contributed by atoms with Gasteiger partial charge in [0.1, 0.15) is 5.82 Å². The van der Waals surface area contributed by atoms with Crippen LogP contribution in [0.3, 0.4) is 0 Å². The van der Waals surface area contributed by atoms with E-state index in [0.29, 0.717) is 17.0 Å². The Balaban J connectivity index is 0.00000200. The average Bonchev–Trinajstić information content (AvgIpc) is 2.86. The average molecular weight is 339 g/mol. The molecule has 2 rings (SSSR count). The quantitative estimate of drug-likeness (QED) is 0.900. The molecule has 21 heavy (non-hydrogen) atoms. The molecule has 4 nitrogen and oxygen atoms in total. The minimum Gasteiger partial charge on any atom is -0.378 e. The molecule has 0 saturated carbocycles. The summed E-state index contributed by atoms with van der Waals surface area (Å²) in [5.41, 5.74) is 2.18. The minimum absolute atomic E-state index is 0. The summed E-state index contributed by atoms with van der Waals surface area (Å²) in [6.07, 6.45) is 1.25. The van der Waals surface area contributed by atoms with Gasteiger partial charge in [0.05, 0.1) is 0 Å². The molecule has 0 amide bonds. The van der Waals surface area contributed by atoms with E-state index in [4.69, 9.17) is 0 Å². The van der Waals surface area contributed by atoms with Crippen molar-refractivity contribution in [1.29, 1.82) is 0 Å². The summed E-state index contributed by atoms with van der Waals surface area (Å²) in [6, 6.07) is 9.53. The summed E-state index contributed by atoms with van der Waals surface area (Å²) in [7, 11) is 3.95. The van der Waals surface area contributed by atoms with Gasteiger partial charge in [-0.05, 0) is 17.7 Å². The van der Waals surface area contributed by atoms with Crippen LogP contribution in [0.2, 0.25) is 0 Å². The molecule has 8 heteroatoms. The Hall–Kier alpha value is -1.53. The third-order valence-corrected chi connectivity index (χ3v) is 2.73. The fourth-order valence-electron chi connectivity index (χ4n) is 1.65. The maximum Gasteiger partial charge on any atom is 0.333 e. The lowest BCUT2D eigenvalue weighted by Crippen LogP contribution is -2.08. The zero-order valence-electron chi connectivity index (χ0n) is 11.7. The second-order valence-corrected chi connectivity index (χ2v) is 4.37. The van der Waals surface area contributed by atoms with Crippen LogP contribution in [0.15, 0.2) is 36.5 Å². The Bertz CT molecular complexity index is 529. The van der Waals surface area contributed by atoms with Gasteiger partial charge >= 0.3 is 6.55 Å². The third-order valence-electron chi connectivity index (χ3n) is 2.73. The second kappa shape index (κ2) is 8.69. The van der Waals surface area contributed by atoms with Gasteiger partial charge in [-0.1, -0.05) is 12.1 Å². The Kier molecular flexibility index (Phi) is 8.06. The largest absolute Gasteiger partial charge is 0.378 e. The number of rotatable bonds is 5. The van der Waals surface area contributed by atoms with Crippen molar-refractivity contribution in [2.24, 2.45) is 0 Å². The van der Waals surface area contributed by atoms with E-state index in [1.807, 2.05) is 43.3 Å². The summed E-state index contributed by atoms with van der Waals surface area (Å²) in [6.45, 7) is -2.05. The van der Waals surface area contributed by atoms with Gasteiger partial charge in [0.15, 0.2) is 0 Å². The van der Waals surface area contributed by atoms with E-state index < -0.39 is 6.55 Å². The van der Waals surface area contributed by atoms with Gasteiger partial charge < -0.3 is 10.2 Å². The lowest BCUT2D eigenvalue weighted by atomic mass is 10.2. The molecule has 0 saturated heterocycles. The zero-order chi connectivity index (χ0) is 13.8. The number of benzene rings is 1. The Morgan fingerprint density at radius 2 is 1.76 bits per heavy atom. The molecular formula is C13H18Cl2F2N4. The number of hydrogen-bond donors (Lipinski definition) is 1. The highest BCUT2D eigenvalue weighted by molar-refractivity contribution is 5.85. The van der Waals surface area contributed by atoms with E-state index in [9.17, 15) is 8.78 Å². The van der Waals surface area contributed by atoms with Crippen LogP contribution < -0.4 is 10.2 Å². The van der Waals surface area contributed by atoms with Gasteiger partial charge in [0.2, 0.25) is 0 Å². The number of hydrogen-bond acceptors (Lipinski definition) is 3. The van der Waals surface area contributed by atoms with Crippen molar-refractivity contribution in [3.63, 3.8) is 0 Å². The second-order valence-electron chi connectivity index (χ2n) is 4.37. The fraction of sp³-hybridized carbons (Fsp3) is 0.308. The summed E-state index contributed by atoms with van der Waals surface area (Å²) < 4.78 is 25.3. The van der Waals surface area contributed by atoms with E-state index in [2.05, 4.69) is 10.4 Å². The molecule has 0 radical (unpaired) electrons. The number of nitrogens with one attached hydrogen (secondary N) is 1. The first-order valence-corrected chi connectivity index (χ1v) is 5.89. The van der Waals surface area contributed by atoms with Crippen molar-refractivity contribution >= 4 is 36.3 Å². The molecule has 118 valence electrons. The maximum atomic E-state index is 12.3.